The van der Waals surface area contributed by atoms with Crippen LogP contribution in [0, 0.1) is 0 Å². The number of nitrogens with one attached hydrogen (secondary N) is 6. The number of hydrazine groups is 5. The Morgan fingerprint density at radius 2 is 0.750 bits per heavy atom. The van der Waals surface area contributed by atoms with Gasteiger partial charge in [-0.2, -0.15) is 22.1 Å². The van der Waals surface area contributed by atoms with Crippen molar-refractivity contribution >= 4 is 0 Å². The normalized spacial score (nSPS) is 24.0. The Morgan fingerprint density at radius 1 is 0.375 bits per heavy atom. The van der Waals surface area contributed by atoms with Gasteiger partial charge in [0.15, 0.2) is 0 Å². The highest BCUT2D eigenvalue weighted by molar-refractivity contribution is 4.49. The molecule has 6 nitrogen and oxygen atoms in total. The molecule has 0 aromatic heterocycles. The van der Waals surface area contributed by atoms with E-state index in [1.54, 1.807) is 0 Å². The molecule has 0 spiro atoms. The van der Waals surface area contributed by atoms with E-state index in [0.717, 1.165) is 13.1 Å². The van der Waals surface area contributed by atoms with Crippen molar-refractivity contribution in [1.82, 2.24) is 33.0 Å². The summed E-state index contributed by atoms with van der Waals surface area (Å²) in [5.74, 6) is 0. The largest absolute Gasteiger partial charge is 0.243 e. The van der Waals surface area contributed by atoms with E-state index in [0.29, 0.717) is 0 Å². The van der Waals surface area contributed by atoms with Crippen molar-refractivity contribution in [2.75, 3.05) is 13.1 Å². The molecule has 1 fully saturated rings. The average molecular weight is 230 g/mol. The molecule has 0 saturated carbocycles. The van der Waals surface area contributed by atoms with Crippen molar-refractivity contribution < 1.29 is 0 Å². The first-order chi connectivity index (χ1) is 8.00. The van der Waals surface area contributed by atoms with Gasteiger partial charge in [0.1, 0.15) is 0 Å². The van der Waals surface area contributed by atoms with Crippen molar-refractivity contribution in [2.24, 2.45) is 0 Å². The van der Waals surface area contributed by atoms with Gasteiger partial charge in [-0.25, -0.2) is 10.9 Å². The predicted octanol–water partition coefficient (Wildman–Crippen LogP) is 0.233. The first kappa shape index (κ1) is 13.8. The molecule has 1 rings (SSSR count). The summed E-state index contributed by atoms with van der Waals surface area (Å²) in [6.45, 7) is 1.98. The summed E-state index contributed by atoms with van der Waals surface area (Å²) in [7, 11) is 0. The maximum absolute atomic E-state index is 3.08. The molecule has 6 heteroatoms. The van der Waals surface area contributed by atoms with Crippen LogP contribution in [0.25, 0.3) is 0 Å². The van der Waals surface area contributed by atoms with E-state index in [2.05, 4.69) is 33.0 Å². The molecule has 0 aliphatic carbocycles. The van der Waals surface area contributed by atoms with Gasteiger partial charge in [-0.05, 0) is 12.8 Å². The van der Waals surface area contributed by atoms with Crippen LogP contribution in [-0.2, 0) is 0 Å². The Labute approximate surface area is 98.2 Å². The van der Waals surface area contributed by atoms with E-state index >= 15 is 0 Å². The molecule has 0 bridgehead atoms. The molecule has 0 atom stereocenters. The standard InChI is InChI=1S/C10H26N6/c1-2-4-6-8-10-12-14-16-15-13-11-9-7-5-3-1/h11-16H,1-10H2. The molecule has 16 heavy (non-hydrogen) atoms. The monoisotopic (exact) mass is 230 g/mol. The molecule has 0 aromatic rings. The fraction of sp³-hybridized carbons (Fsp3) is 1.00. The summed E-state index contributed by atoms with van der Waals surface area (Å²) in [5.41, 5.74) is 17.4. The van der Waals surface area contributed by atoms with Crippen LogP contribution in [0.5, 0.6) is 0 Å². The molecule has 96 valence electrons. The lowest BCUT2D eigenvalue weighted by molar-refractivity contribution is 0.291. The Bertz CT molecular complexity index is 79.3. The third-order valence-electron chi connectivity index (χ3n) is 2.72. The molecule has 0 aromatic carbocycles. The smallest absolute Gasteiger partial charge is 0.0113 e. The molecule has 0 amide bonds. The zero-order valence-electron chi connectivity index (χ0n) is 10.1. The third kappa shape index (κ3) is 9.02. The number of hydrogen-bond acceptors (Lipinski definition) is 6. The van der Waals surface area contributed by atoms with Gasteiger partial charge in [0.2, 0.25) is 0 Å². The molecule has 1 aliphatic heterocycles. The lowest BCUT2D eigenvalue weighted by Gasteiger charge is -2.12. The summed E-state index contributed by atoms with van der Waals surface area (Å²) in [6.07, 6.45) is 10.6. The van der Waals surface area contributed by atoms with Crippen LogP contribution >= 0.6 is 0 Å². The summed E-state index contributed by atoms with van der Waals surface area (Å²) in [6, 6.07) is 0. The van der Waals surface area contributed by atoms with Crippen LogP contribution in [0.3, 0.4) is 0 Å². The highest BCUT2D eigenvalue weighted by Gasteiger charge is 1.93. The fourth-order valence-corrected chi connectivity index (χ4v) is 1.76. The molecule has 1 heterocycles. The second-order valence-corrected chi connectivity index (χ2v) is 4.18. The predicted molar refractivity (Wildman–Crippen MR) is 65.5 cm³/mol. The fourth-order valence-electron chi connectivity index (χ4n) is 1.76. The third-order valence-corrected chi connectivity index (χ3v) is 2.72. The van der Waals surface area contributed by atoms with Crippen molar-refractivity contribution in [3.05, 3.63) is 0 Å². The van der Waals surface area contributed by atoms with E-state index in [1.807, 2.05) is 0 Å². The molecule has 1 aliphatic rings. The highest BCUT2D eigenvalue weighted by Crippen LogP contribution is 2.07. The summed E-state index contributed by atoms with van der Waals surface area (Å²) in [4.78, 5) is 0. The van der Waals surface area contributed by atoms with Gasteiger partial charge < -0.3 is 0 Å². The Balaban J connectivity index is 2.00. The Hall–Kier alpha value is -0.240. The molecule has 1 saturated heterocycles. The van der Waals surface area contributed by atoms with Crippen molar-refractivity contribution in [3.8, 4) is 0 Å². The second kappa shape index (κ2) is 11.3. The zero-order valence-corrected chi connectivity index (χ0v) is 10.1. The van der Waals surface area contributed by atoms with Crippen LogP contribution in [-0.4, -0.2) is 13.1 Å². The van der Waals surface area contributed by atoms with E-state index in [-0.39, 0.29) is 0 Å². The maximum atomic E-state index is 3.08. The van der Waals surface area contributed by atoms with Gasteiger partial charge in [0.05, 0.1) is 0 Å². The number of hydrogen-bond donors (Lipinski definition) is 6. The van der Waals surface area contributed by atoms with Gasteiger partial charge in [0.25, 0.3) is 0 Å². The van der Waals surface area contributed by atoms with Crippen LogP contribution in [0.15, 0.2) is 0 Å². The lowest BCUT2D eigenvalue weighted by atomic mass is 10.1. The van der Waals surface area contributed by atoms with Crippen LogP contribution in [0.1, 0.15) is 51.4 Å². The van der Waals surface area contributed by atoms with E-state index in [4.69, 9.17) is 0 Å². The molecule has 0 radical (unpaired) electrons. The van der Waals surface area contributed by atoms with Crippen LogP contribution in [0.2, 0.25) is 0 Å². The lowest BCUT2D eigenvalue weighted by Crippen LogP contribution is -2.58. The second-order valence-electron chi connectivity index (χ2n) is 4.18. The van der Waals surface area contributed by atoms with Crippen LogP contribution < -0.4 is 33.0 Å². The highest BCUT2D eigenvalue weighted by atomic mass is 15.8. The molecular formula is C10H26N6. The maximum Gasteiger partial charge on any atom is 0.0113 e. The topological polar surface area (TPSA) is 72.2 Å². The van der Waals surface area contributed by atoms with Crippen molar-refractivity contribution in [3.63, 3.8) is 0 Å². The molecule has 6 N–H and O–H groups in total. The molecular weight excluding hydrogens is 204 g/mol. The summed E-state index contributed by atoms with van der Waals surface area (Å²) >= 11 is 0. The van der Waals surface area contributed by atoms with Gasteiger partial charge in [-0.1, -0.05) is 38.5 Å². The van der Waals surface area contributed by atoms with Gasteiger partial charge >= 0.3 is 0 Å². The van der Waals surface area contributed by atoms with Crippen LogP contribution in [0.4, 0.5) is 0 Å². The van der Waals surface area contributed by atoms with Gasteiger partial charge in [0, 0.05) is 13.1 Å². The van der Waals surface area contributed by atoms with Gasteiger partial charge in [-0.15, -0.1) is 0 Å². The van der Waals surface area contributed by atoms with Gasteiger partial charge in [-0.3, -0.25) is 0 Å². The summed E-state index contributed by atoms with van der Waals surface area (Å²) < 4.78 is 0. The zero-order chi connectivity index (χ0) is 11.3. The number of rotatable bonds is 0. The average Bonchev–Trinajstić information content (AvgIpc) is 2.29. The Morgan fingerprint density at radius 3 is 1.19 bits per heavy atom. The Kier molecular flexibility index (Phi) is 9.72. The minimum atomic E-state index is 0.988. The quantitative estimate of drug-likeness (QED) is 0.358. The summed E-state index contributed by atoms with van der Waals surface area (Å²) in [5, 5.41) is 0. The van der Waals surface area contributed by atoms with E-state index in [9.17, 15) is 0 Å². The minimum absolute atomic E-state index is 0.988. The van der Waals surface area contributed by atoms with Crippen molar-refractivity contribution in [2.45, 2.75) is 51.4 Å². The SMILES string of the molecule is C1CCCCCNNNNNNCCCC1. The van der Waals surface area contributed by atoms with Crippen molar-refractivity contribution in [1.29, 1.82) is 0 Å². The van der Waals surface area contributed by atoms with E-state index < -0.39 is 0 Å². The minimum Gasteiger partial charge on any atom is -0.243 e. The molecule has 0 unspecified atom stereocenters. The first-order valence-corrected chi connectivity index (χ1v) is 6.46. The first-order valence-electron chi connectivity index (χ1n) is 6.46. The van der Waals surface area contributed by atoms with E-state index in [1.165, 1.54) is 51.4 Å².